The predicted molar refractivity (Wildman–Crippen MR) is 71.2 cm³/mol. The molecule has 1 aromatic carbocycles. The fourth-order valence-electron chi connectivity index (χ4n) is 1.65. The molecule has 1 heterocycles. The Morgan fingerprint density at radius 1 is 1.56 bits per heavy atom. The van der Waals surface area contributed by atoms with Crippen LogP contribution in [0.1, 0.15) is 5.56 Å². The Kier molecular flexibility index (Phi) is 3.41. The zero-order valence-corrected chi connectivity index (χ0v) is 10.5. The Morgan fingerprint density at radius 2 is 2.38 bits per heavy atom. The molecule has 0 saturated heterocycles. The van der Waals surface area contributed by atoms with Crippen LogP contribution in [0.2, 0.25) is 5.02 Å². The van der Waals surface area contributed by atoms with Gasteiger partial charge in [-0.3, -0.25) is 4.99 Å². The number of aliphatic imine (C=N–C) groups is 1. The maximum Gasteiger partial charge on any atom is 0.174 e. The second kappa shape index (κ2) is 4.80. The molecule has 0 aromatic heterocycles. The second-order valence-corrected chi connectivity index (χ2v) is 4.25. The Bertz CT molecular complexity index is 445. The second-order valence-electron chi connectivity index (χ2n) is 3.42. The molecule has 1 aliphatic rings. The zero-order chi connectivity index (χ0) is 11.5. The van der Waals surface area contributed by atoms with Crippen molar-refractivity contribution in [3.8, 4) is 0 Å². The molecule has 0 bridgehead atoms. The van der Waals surface area contributed by atoms with Crippen LogP contribution in [0, 0.1) is 0 Å². The van der Waals surface area contributed by atoms with Crippen molar-refractivity contribution in [1.82, 2.24) is 10.2 Å². The molecule has 16 heavy (non-hydrogen) atoms. The topological polar surface area (TPSA) is 27.6 Å². The number of hydrogen-bond donors (Lipinski definition) is 1. The third-order valence-electron chi connectivity index (χ3n) is 2.38. The van der Waals surface area contributed by atoms with Crippen molar-refractivity contribution in [2.45, 2.75) is 0 Å². The Balaban J connectivity index is 2.30. The summed E-state index contributed by atoms with van der Waals surface area (Å²) in [5, 5.41) is 4.37. The van der Waals surface area contributed by atoms with Gasteiger partial charge < -0.3 is 10.2 Å². The van der Waals surface area contributed by atoms with Gasteiger partial charge >= 0.3 is 0 Å². The summed E-state index contributed by atoms with van der Waals surface area (Å²) in [4.78, 5) is 6.44. The Hall–Kier alpha value is -1.13. The summed E-state index contributed by atoms with van der Waals surface area (Å²) in [6, 6.07) is 7.65. The molecule has 0 amide bonds. The van der Waals surface area contributed by atoms with Crippen LogP contribution >= 0.6 is 23.8 Å². The lowest BCUT2D eigenvalue weighted by Gasteiger charge is -2.20. The molecule has 0 unspecified atom stereocenters. The maximum absolute atomic E-state index is 5.96. The van der Waals surface area contributed by atoms with Crippen molar-refractivity contribution in [2.24, 2.45) is 4.99 Å². The van der Waals surface area contributed by atoms with Gasteiger partial charge in [0.25, 0.3) is 0 Å². The van der Waals surface area contributed by atoms with Crippen molar-refractivity contribution in [3.63, 3.8) is 0 Å². The molecule has 3 nitrogen and oxygen atoms in total. The van der Waals surface area contributed by atoms with Gasteiger partial charge in [-0.2, -0.15) is 0 Å². The van der Waals surface area contributed by atoms with Crippen LogP contribution < -0.4 is 5.32 Å². The monoisotopic (exact) mass is 253 g/mol. The summed E-state index contributed by atoms with van der Waals surface area (Å²) < 4.78 is 0. The highest BCUT2D eigenvalue weighted by molar-refractivity contribution is 7.80. The molecule has 1 aromatic rings. The molecular weight excluding hydrogens is 242 g/mol. The molecule has 2 rings (SSSR count). The van der Waals surface area contributed by atoms with Gasteiger partial charge in [0.2, 0.25) is 0 Å². The number of rotatable bonds is 1. The van der Waals surface area contributed by atoms with Gasteiger partial charge in [0.05, 0.1) is 6.54 Å². The molecular formula is C11H12ClN3S. The summed E-state index contributed by atoms with van der Waals surface area (Å²) in [5.74, 6) is 0.891. The van der Waals surface area contributed by atoms with Crippen molar-refractivity contribution in [3.05, 3.63) is 34.9 Å². The van der Waals surface area contributed by atoms with E-state index in [0.29, 0.717) is 10.1 Å². The molecule has 0 saturated carbocycles. The fourth-order valence-corrected chi connectivity index (χ4v) is 2.02. The van der Waals surface area contributed by atoms with E-state index in [4.69, 9.17) is 23.8 Å². The number of halogens is 1. The first-order valence-corrected chi connectivity index (χ1v) is 5.80. The summed E-state index contributed by atoms with van der Waals surface area (Å²) in [6.07, 6.45) is 0. The van der Waals surface area contributed by atoms with E-state index in [-0.39, 0.29) is 0 Å². The number of nitrogens with zero attached hydrogens (tertiary/aromatic N) is 2. The Morgan fingerprint density at radius 3 is 3.06 bits per heavy atom. The maximum atomic E-state index is 5.96. The van der Waals surface area contributed by atoms with Crippen LogP contribution in [-0.2, 0) is 0 Å². The molecule has 1 N–H and O–H groups in total. The number of nitrogens with one attached hydrogen (secondary N) is 1. The van der Waals surface area contributed by atoms with Crippen molar-refractivity contribution < 1.29 is 0 Å². The molecule has 5 heteroatoms. The average molecular weight is 254 g/mol. The smallest absolute Gasteiger partial charge is 0.174 e. The van der Waals surface area contributed by atoms with E-state index in [2.05, 4.69) is 10.3 Å². The number of amidine groups is 1. The molecule has 0 radical (unpaired) electrons. The van der Waals surface area contributed by atoms with Crippen LogP contribution in [0.4, 0.5) is 0 Å². The van der Waals surface area contributed by atoms with E-state index < -0.39 is 0 Å². The minimum Gasteiger partial charge on any atom is -0.365 e. The van der Waals surface area contributed by atoms with E-state index in [1.54, 1.807) is 0 Å². The lowest BCUT2D eigenvalue weighted by molar-refractivity contribution is 0.655. The van der Waals surface area contributed by atoms with Crippen LogP contribution in [0.3, 0.4) is 0 Å². The highest BCUT2D eigenvalue weighted by Gasteiger charge is 2.21. The van der Waals surface area contributed by atoms with Gasteiger partial charge in [0, 0.05) is 24.2 Å². The minimum absolute atomic E-state index is 0.691. The van der Waals surface area contributed by atoms with E-state index in [9.17, 15) is 0 Å². The average Bonchev–Trinajstić information content (AvgIpc) is 2.77. The third-order valence-corrected chi connectivity index (χ3v) is 3.04. The van der Waals surface area contributed by atoms with Crippen LogP contribution in [0.5, 0.6) is 0 Å². The summed E-state index contributed by atoms with van der Waals surface area (Å²) in [6.45, 7) is 1.59. The minimum atomic E-state index is 0.691. The number of thiocarbonyl (C=S) groups is 1. The van der Waals surface area contributed by atoms with Crippen molar-refractivity contribution >= 4 is 34.8 Å². The quantitative estimate of drug-likeness (QED) is 0.775. The lowest BCUT2D eigenvalue weighted by atomic mass is 10.2. The van der Waals surface area contributed by atoms with E-state index in [1.165, 1.54) is 0 Å². The largest absolute Gasteiger partial charge is 0.365 e. The van der Waals surface area contributed by atoms with E-state index in [0.717, 1.165) is 24.5 Å². The van der Waals surface area contributed by atoms with Gasteiger partial charge in [-0.15, -0.1) is 0 Å². The summed E-state index contributed by atoms with van der Waals surface area (Å²) in [7, 11) is 1.82. The molecule has 0 atom stereocenters. The van der Waals surface area contributed by atoms with Gasteiger partial charge in [-0.25, -0.2) is 0 Å². The normalized spacial score (nSPS) is 14.9. The summed E-state index contributed by atoms with van der Waals surface area (Å²) in [5.41, 5.74) is 1.00. The highest BCUT2D eigenvalue weighted by Crippen LogP contribution is 2.16. The van der Waals surface area contributed by atoms with Crippen molar-refractivity contribution in [2.75, 3.05) is 20.1 Å². The Labute approximate surface area is 105 Å². The standard InChI is InChI=1S/C11H12ClN3S/c1-13-11(16)15-6-5-14-10(15)8-3-2-4-9(12)7-8/h2-4,7H,5-6H2,1H3,(H,13,16). The molecule has 0 fully saturated rings. The van der Waals surface area contributed by atoms with Gasteiger partial charge in [-0.1, -0.05) is 23.7 Å². The van der Waals surface area contributed by atoms with Crippen LogP contribution in [0.25, 0.3) is 0 Å². The first-order chi connectivity index (χ1) is 7.72. The number of benzene rings is 1. The summed E-state index contributed by atoms with van der Waals surface area (Å²) >= 11 is 11.2. The van der Waals surface area contributed by atoms with Gasteiger partial charge in [0.1, 0.15) is 5.84 Å². The number of hydrogen-bond acceptors (Lipinski definition) is 2. The first kappa shape index (κ1) is 11.4. The van der Waals surface area contributed by atoms with Crippen molar-refractivity contribution in [1.29, 1.82) is 0 Å². The molecule has 1 aliphatic heterocycles. The van der Waals surface area contributed by atoms with E-state index in [1.807, 2.05) is 36.2 Å². The van der Waals surface area contributed by atoms with Gasteiger partial charge in [0.15, 0.2) is 5.11 Å². The van der Waals surface area contributed by atoms with Crippen LogP contribution in [0.15, 0.2) is 29.3 Å². The molecule has 84 valence electrons. The van der Waals surface area contributed by atoms with E-state index >= 15 is 0 Å². The third kappa shape index (κ3) is 2.18. The first-order valence-electron chi connectivity index (χ1n) is 5.02. The fraction of sp³-hybridized carbons (Fsp3) is 0.273. The SMILES string of the molecule is CNC(=S)N1CCN=C1c1cccc(Cl)c1. The van der Waals surface area contributed by atoms with Gasteiger partial charge in [-0.05, 0) is 24.4 Å². The molecule has 0 spiro atoms. The zero-order valence-electron chi connectivity index (χ0n) is 8.90. The predicted octanol–water partition coefficient (Wildman–Crippen LogP) is 1.91. The highest BCUT2D eigenvalue weighted by atomic mass is 35.5. The van der Waals surface area contributed by atoms with Crippen LogP contribution in [-0.4, -0.2) is 36.0 Å². The molecule has 0 aliphatic carbocycles. The lowest BCUT2D eigenvalue weighted by Crippen LogP contribution is -2.40.